The van der Waals surface area contributed by atoms with Crippen LogP contribution in [0.5, 0.6) is 5.75 Å². The Balaban J connectivity index is 2.32. The van der Waals surface area contributed by atoms with Crippen LogP contribution < -0.4 is 10.2 Å². The number of ether oxygens (including phenoxy) is 1. The second-order valence-corrected chi connectivity index (χ2v) is 3.88. The minimum atomic E-state index is -0.963. The summed E-state index contributed by atoms with van der Waals surface area (Å²) in [7, 11) is 0.603. The monoisotopic (exact) mass is 220 g/mol. The molecule has 0 fully saturated rings. The minimum Gasteiger partial charge on any atom is -0.497 e. The van der Waals surface area contributed by atoms with Gasteiger partial charge in [0, 0.05) is 6.42 Å². The van der Waals surface area contributed by atoms with Gasteiger partial charge < -0.3 is 14.4 Å². The summed E-state index contributed by atoms with van der Waals surface area (Å²) in [6.07, 6.45) is -0.0514. The van der Waals surface area contributed by atoms with Crippen molar-refractivity contribution in [2.75, 3.05) is 7.11 Å². The van der Waals surface area contributed by atoms with Gasteiger partial charge >= 0.3 is 7.12 Å². The Labute approximate surface area is 94.3 Å². The van der Waals surface area contributed by atoms with E-state index in [1.54, 1.807) is 19.2 Å². The number of rotatable bonds is 3. The number of benzene rings is 1. The van der Waals surface area contributed by atoms with Crippen molar-refractivity contribution in [1.82, 2.24) is 0 Å². The molecule has 0 saturated heterocycles. The molecule has 1 unspecified atom stereocenters. The highest BCUT2D eigenvalue weighted by Gasteiger charge is 2.35. The lowest BCUT2D eigenvalue weighted by molar-refractivity contribution is -0.118. The Morgan fingerprint density at radius 2 is 2.38 bits per heavy atom. The largest absolute Gasteiger partial charge is 0.497 e. The zero-order valence-corrected chi connectivity index (χ0v) is 9.27. The van der Waals surface area contributed by atoms with Gasteiger partial charge in [-0.05, 0) is 30.1 Å². The maximum Gasteiger partial charge on any atom is 0.492 e. The molecular formula is C11H13BO4. The molecule has 0 aromatic heterocycles. The summed E-state index contributed by atoms with van der Waals surface area (Å²) in [6, 6.07) is 5.37. The third-order valence-electron chi connectivity index (χ3n) is 2.67. The highest BCUT2D eigenvalue weighted by Crippen LogP contribution is 2.28. The number of hydrogen-bond acceptors (Lipinski definition) is 4. The molecule has 0 amide bonds. The van der Waals surface area contributed by atoms with Crippen molar-refractivity contribution in [3.63, 3.8) is 0 Å². The number of carbonyl (C=O) groups is 1. The van der Waals surface area contributed by atoms with Crippen molar-refractivity contribution in [1.29, 1.82) is 0 Å². The molecule has 5 heteroatoms. The molecular weight excluding hydrogens is 207 g/mol. The van der Waals surface area contributed by atoms with Crippen molar-refractivity contribution in [2.45, 2.75) is 19.4 Å². The third kappa shape index (κ3) is 1.96. The van der Waals surface area contributed by atoms with Crippen molar-refractivity contribution in [3.8, 4) is 5.75 Å². The van der Waals surface area contributed by atoms with Gasteiger partial charge in [-0.1, -0.05) is 6.07 Å². The smallest absolute Gasteiger partial charge is 0.492 e. The summed E-state index contributed by atoms with van der Waals surface area (Å²) in [5.41, 5.74) is 1.55. The van der Waals surface area contributed by atoms with Crippen LogP contribution in [-0.2, 0) is 9.45 Å². The summed E-state index contributed by atoms with van der Waals surface area (Å²) in [4.78, 5) is 11.1. The fourth-order valence-electron chi connectivity index (χ4n) is 1.91. The lowest BCUT2D eigenvalue weighted by Gasteiger charge is -2.09. The molecule has 2 rings (SSSR count). The van der Waals surface area contributed by atoms with E-state index >= 15 is 0 Å². The fraction of sp³-hybridized carbons (Fsp3) is 0.364. The summed E-state index contributed by atoms with van der Waals surface area (Å²) in [6.45, 7) is 1.51. The van der Waals surface area contributed by atoms with Gasteiger partial charge in [-0.15, -0.1) is 0 Å². The number of carbonyl (C=O) groups excluding carboxylic acids is 1. The first-order valence-corrected chi connectivity index (χ1v) is 5.12. The number of fused-ring (bicyclic) bond motifs is 1. The minimum absolute atomic E-state index is 0.0425. The van der Waals surface area contributed by atoms with Crippen LogP contribution in [0.4, 0.5) is 0 Å². The first-order chi connectivity index (χ1) is 7.61. The Bertz CT molecular complexity index is 418. The van der Waals surface area contributed by atoms with Gasteiger partial charge in [0.05, 0.1) is 13.2 Å². The van der Waals surface area contributed by atoms with Gasteiger partial charge in [0.1, 0.15) is 11.5 Å². The van der Waals surface area contributed by atoms with E-state index in [9.17, 15) is 9.82 Å². The van der Waals surface area contributed by atoms with Gasteiger partial charge in [0.25, 0.3) is 0 Å². The van der Waals surface area contributed by atoms with Gasteiger partial charge in [0.15, 0.2) is 0 Å². The number of hydrogen-bond donors (Lipinski definition) is 1. The lowest BCUT2D eigenvalue weighted by Crippen LogP contribution is -2.28. The molecule has 0 radical (unpaired) electrons. The molecule has 1 aliphatic heterocycles. The van der Waals surface area contributed by atoms with Crippen LogP contribution in [0.15, 0.2) is 18.2 Å². The highest BCUT2D eigenvalue weighted by molar-refractivity contribution is 6.61. The Morgan fingerprint density at radius 1 is 1.62 bits per heavy atom. The third-order valence-corrected chi connectivity index (χ3v) is 2.67. The number of Topliss-reactive ketones (excluding diaryl/α,β-unsaturated/α-hetero) is 1. The molecule has 1 heterocycles. The summed E-state index contributed by atoms with van der Waals surface area (Å²) >= 11 is 0. The second-order valence-electron chi connectivity index (χ2n) is 3.88. The average molecular weight is 220 g/mol. The summed E-state index contributed by atoms with van der Waals surface area (Å²) in [5, 5.41) is 9.70. The van der Waals surface area contributed by atoms with Gasteiger partial charge in [-0.3, -0.25) is 4.79 Å². The SMILES string of the molecule is COc1ccc2c(c1)B(O)OC2CC(C)=O. The normalized spacial score (nSPS) is 18.4. The molecule has 0 aliphatic carbocycles. The standard InChI is InChI=1S/C11H13BO4/c1-7(13)5-11-9-4-3-8(15-2)6-10(9)12(14)16-11/h3-4,6,11,14H,5H2,1-2H3. The van der Waals surface area contributed by atoms with E-state index < -0.39 is 7.12 Å². The average Bonchev–Trinajstić information content (AvgIpc) is 2.54. The van der Waals surface area contributed by atoms with Crippen molar-refractivity contribution < 1.29 is 19.2 Å². The van der Waals surface area contributed by atoms with Crippen LogP contribution in [0.2, 0.25) is 0 Å². The Kier molecular flexibility index (Phi) is 2.98. The fourth-order valence-corrected chi connectivity index (χ4v) is 1.91. The van der Waals surface area contributed by atoms with Gasteiger partial charge in [-0.2, -0.15) is 0 Å². The van der Waals surface area contributed by atoms with E-state index in [-0.39, 0.29) is 18.3 Å². The van der Waals surface area contributed by atoms with Crippen LogP contribution in [0, 0.1) is 0 Å². The molecule has 1 N–H and O–H groups in total. The highest BCUT2D eigenvalue weighted by atomic mass is 16.5. The van der Waals surface area contributed by atoms with Gasteiger partial charge in [0.2, 0.25) is 0 Å². The van der Waals surface area contributed by atoms with Crippen LogP contribution >= 0.6 is 0 Å². The first-order valence-electron chi connectivity index (χ1n) is 5.12. The van der Waals surface area contributed by atoms with Crippen LogP contribution in [0.25, 0.3) is 0 Å². The topological polar surface area (TPSA) is 55.8 Å². The van der Waals surface area contributed by atoms with Gasteiger partial charge in [-0.25, -0.2) is 0 Å². The quantitative estimate of drug-likeness (QED) is 0.750. The van der Waals surface area contributed by atoms with E-state index in [0.717, 1.165) is 5.56 Å². The van der Waals surface area contributed by atoms with Crippen molar-refractivity contribution in [2.24, 2.45) is 0 Å². The summed E-state index contributed by atoms with van der Waals surface area (Å²) < 4.78 is 10.4. The predicted molar refractivity (Wildman–Crippen MR) is 59.7 cm³/mol. The molecule has 1 aliphatic rings. The zero-order valence-electron chi connectivity index (χ0n) is 9.27. The number of methoxy groups -OCH3 is 1. The zero-order chi connectivity index (χ0) is 11.7. The maximum atomic E-state index is 11.1. The van der Waals surface area contributed by atoms with E-state index in [4.69, 9.17) is 9.39 Å². The van der Waals surface area contributed by atoms with E-state index in [1.165, 1.54) is 6.92 Å². The van der Waals surface area contributed by atoms with E-state index in [1.807, 2.05) is 6.07 Å². The van der Waals surface area contributed by atoms with Crippen LogP contribution in [-0.4, -0.2) is 25.0 Å². The molecule has 84 valence electrons. The molecule has 1 atom stereocenters. The molecule has 1 aromatic rings. The van der Waals surface area contributed by atoms with Crippen molar-refractivity contribution >= 4 is 18.4 Å². The maximum absolute atomic E-state index is 11.1. The Morgan fingerprint density at radius 3 is 3.00 bits per heavy atom. The predicted octanol–water partition coefficient (Wildman–Crippen LogP) is 0.433. The van der Waals surface area contributed by atoms with Crippen LogP contribution in [0.3, 0.4) is 0 Å². The molecule has 0 bridgehead atoms. The summed E-state index contributed by atoms with van der Waals surface area (Å²) in [5.74, 6) is 0.714. The molecule has 16 heavy (non-hydrogen) atoms. The van der Waals surface area contributed by atoms with Crippen LogP contribution in [0.1, 0.15) is 25.0 Å². The van der Waals surface area contributed by atoms with E-state index in [2.05, 4.69) is 0 Å². The molecule has 0 saturated carbocycles. The lowest BCUT2D eigenvalue weighted by atomic mass is 9.79. The molecule has 1 aromatic carbocycles. The first kappa shape index (κ1) is 11.2. The molecule has 0 spiro atoms. The number of ketones is 1. The molecule has 4 nitrogen and oxygen atoms in total. The van der Waals surface area contributed by atoms with Crippen molar-refractivity contribution in [3.05, 3.63) is 23.8 Å². The van der Waals surface area contributed by atoms with E-state index in [0.29, 0.717) is 11.2 Å². The Hall–Kier alpha value is -1.33. The second kappa shape index (κ2) is 4.27.